The molecule has 1 aliphatic heterocycles. The number of carbonyl (C=O) groups is 2. The Bertz CT molecular complexity index is 1380. The quantitative estimate of drug-likeness (QED) is 0.325. The summed E-state index contributed by atoms with van der Waals surface area (Å²) in [6, 6.07) is 1.81. The van der Waals surface area contributed by atoms with Crippen molar-refractivity contribution in [2.75, 3.05) is 38.1 Å². The average molecular weight is 528 g/mol. The number of piperidine rings is 1. The highest BCUT2D eigenvalue weighted by molar-refractivity contribution is 7.21. The fraction of sp³-hybridized carbons (Fsp3) is 0.417. The first-order chi connectivity index (χ1) is 17.4. The molecule has 1 fully saturated rings. The molecule has 10 nitrogen and oxygen atoms in total. The van der Waals surface area contributed by atoms with E-state index in [-0.39, 0.29) is 18.4 Å². The van der Waals surface area contributed by atoms with E-state index in [2.05, 4.69) is 25.7 Å². The van der Waals surface area contributed by atoms with Crippen LogP contribution in [0.25, 0.3) is 15.3 Å². The second kappa shape index (κ2) is 10.5. The van der Waals surface area contributed by atoms with Gasteiger partial charge in [0.2, 0.25) is 0 Å². The molecule has 0 bridgehead atoms. The molecule has 1 aliphatic rings. The molecule has 36 heavy (non-hydrogen) atoms. The van der Waals surface area contributed by atoms with Gasteiger partial charge in [0.05, 0.1) is 32.7 Å². The Morgan fingerprint density at radius 2 is 1.94 bits per heavy atom. The van der Waals surface area contributed by atoms with Crippen molar-refractivity contribution < 1.29 is 14.7 Å². The number of fused-ring (bicyclic) bond motifs is 1. The topological polar surface area (TPSA) is 117 Å². The van der Waals surface area contributed by atoms with Gasteiger partial charge in [-0.05, 0) is 50.4 Å². The first kappa shape index (κ1) is 24.6. The number of carbonyl (C=O) groups excluding carboxylic acids is 2. The fourth-order valence-corrected chi connectivity index (χ4v) is 6.34. The van der Waals surface area contributed by atoms with E-state index in [4.69, 9.17) is 0 Å². The number of aryl methyl sites for hydroxylation is 2. The Labute approximate surface area is 216 Å². The summed E-state index contributed by atoms with van der Waals surface area (Å²) in [6.45, 7) is 5.39. The summed E-state index contributed by atoms with van der Waals surface area (Å²) in [5, 5.41) is 24.4. The molecular formula is C24H29N7O3S2. The number of aliphatic hydroxyl groups excluding tert-OH is 1. The third-order valence-electron chi connectivity index (χ3n) is 6.48. The number of hydrogen-bond acceptors (Lipinski definition) is 8. The first-order valence-corrected chi connectivity index (χ1v) is 13.5. The van der Waals surface area contributed by atoms with Gasteiger partial charge in [-0.15, -0.1) is 22.7 Å². The van der Waals surface area contributed by atoms with Gasteiger partial charge in [0.25, 0.3) is 11.8 Å². The van der Waals surface area contributed by atoms with Crippen LogP contribution in [0.5, 0.6) is 0 Å². The molecule has 3 N–H and O–H groups in total. The maximum atomic E-state index is 13.1. The summed E-state index contributed by atoms with van der Waals surface area (Å²) in [5.74, 6) is 0.00867. The normalized spacial score (nSPS) is 15.0. The number of amides is 2. The SMILES string of the molecule is Cc1cc(C(=O)NCCN2CCC(CO)CC2)sc1NC(=O)c1cnn2cc(-c3cnn(C)c3)sc12. The van der Waals surface area contributed by atoms with Crippen molar-refractivity contribution in [3.8, 4) is 10.4 Å². The Kier molecular flexibility index (Phi) is 7.19. The van der Waals surface area contributed by atoms with Crippen molar-refractivity contribution in [3.05, 3.63) is 46.9 Å². The molecule has 0 spiro atoms. The molecule has 0 radical (unpaired) electrons. The van der Waals surface area contributed by atoms with Gasteiger partial charge in [-0.1, -0.05) is 0 Å². The molecular weight excluding hydrogens is 498 g/mol. The van der Waals surface area contributed by atoms with Crippen molar-refractivity contribution in [1.82, 2.24) is 29.6 Å². The van der Waals surface area contributed by atoms with Crippen molar-refractivity contribution in [2.45, 2.75) is 19.8 Å². The lowest BCUT2D eigenvalue weighted by Crippen LogP contribution is -2.40. The van der Waals surface area contributed by atoms with Gasteiger partial charge in [0.1, 0.15) is 4.83 Å². The molecule has 1 saturated heterocycles. The van der Waals surface area contributed by atoms with Crippen LogP contribution in [0.3, 0.4) is 0 Å². The summed E-state index contributed by atoms with van der Waals surface area (Å²) < 4.78 is 3.44. The third-order valence-corrected chi connectivity index (χ3v) is 8.79. The second-order valence-electron chi connectivity index (χ2n) is 9.11. The van der Waals surface area contributed by atoms with Crippen LogP contribution in [-0.2, 0) is 7.05 Å². The number of nitrogens with zero attached hydrogens (tertiary/aromatic N) is 5. The molecule has 0 saturated carbocycles. The summed E-state index contributed by atoms with van der Waals surface area (Å²) >= 11 is 2.75. The van der Waals surface area contributed by atoms with E-state index < -0.39 is 0 Å². The van der Waals surface area contributed by atoms with Gasteiger partial charge in [0.15, 0.2) is 0 Å². The highest BCUT2D eigenvalue weighted by Gasteiger charge is 2.21. The van der Waals surface area contributed by atoms with E-state index >= 15 is 0 Å². The lowest BCUT2D eigenvalue weighted by Gasteiger charge is -2.30. The summed E-state index contributed by atoms with van der Waals surface area (Å²) in [7, 11) is 1.86. The van der Waals surface area contributed by atoms with Crippen LogP contribution in [0.2, 0.25) is 0 Å². The van der Waals surface area contributed by atoms with Gasteiger partial charge >= 0.3 is 0 Å². The molecule has 4 aromatic rings. The zero-order valence-electron chi connectivity index (χ0n) is 20.2. The van der Waals surface area contributed by atoms with Crippen LogP contribution in [0, 0.1) is 12.8 Å². The Hall–Kier alpha value is -3.06. The molecule has 0 unspecified atom stereocenters. The maximum Gasteiger partial charge on any atom is 0.261 e. The van der Waals surface area contributed by atoms with Crippen molar-refractivity contribution in [2.24, 2.45) is 13.0 Å². The fourth-order valence-electron chi connectivity index (χ4n) is 4.32. The zero-order valence-corrected chi connectivity index (χ0v) is 21.9. The Morgan fingerprint density at radius 3 is 2.67 bits per heavy atom. The summed E-state index contributed by atoms with van der Waals surface area (Å²) in [5.41, 5.74) is 2.30. The van der Waals surface area contributed by atoms with Gasteiger partial charge in [-0.2, -0.15) is 10.2 Å². The lowest BCUT2D eigenvalue weighted by atomic mass is 9.98. The zero-order chi connectivity index (χ0) is 25.2. The van der Waals surface area contributed by atoms with Crippen LogP contribution in [0.15, 0.2) is 30.9 Å². The largest absolute Gasteiger partial charge is 0.396 e. The molecule has 5 heterocycles. The molecule has 0 aliphatic carbocycles. The molecule has 5 rings (SSSR count). The number of likely N-dealkylation sites (tertiary alicyclic amines) is 1. The van der Waals surface area contributed by atoms with Crippen molar-refractivity contribution in [1.29, 1.82) is 0 Å². The predicted molar refractivity (Wildman–Crippen MR) is 141 cm³/mol. The van der Waals surface area contributed by atoms with Crippen LogP contribution in [0.4, 0.5) is 5.00 Å². The minimum absolute atomic E-state index is 0.138. The third kappa shape index (κ3) is 5.21. The lowest BCUT2D eigenvalue weighted by molar-refractivity contribution is 0.0942. The van der Waals surface area contributed by atoms with Crippen LogP contribution < -0.4 is 10.6 Å². The minimum Gasteiger partial charge on any atom is -0.396 e. The van der Waals surface area contributed by atoms with Crippen molar-refractivity contribution >= 4 is 44.3 Å². The van der Waals surface area contributed by atoms with E-state index in [0.29, 0.717) is 27.9 Å². The van der Waals surface area contributed by atoms with Crippen LogP contribution in [-0.4, -0.2) is 74.0 Å². The number of rotatable bonds is 8. The predicted octanol–water partition coefficient (Wildman–Crippen LogP) is 2.85. The number of hydrogen-bond donors (Lipinski definition) is 3. The van der Waals surface area contributed by atoms with Crippen molar-refractivity contribution in [3.63, 3.8) is 0 Å². The number of aliphatic hydroxyl groups is 1. The Morgan fingerprint density at radius 1 is 1.14 bits per heavy atom. The second-order valence-corrected chi connectivity index (χ2v) is 11.2. The molecule has 2 amide bonds. The van der Waals surface area contributed by atoms with E-state index in [9.17, 15) is 14.7 Å². The molecule has 4 aromatic heterocycles. The van der Waals surface area contributed by atoms with E-state index in [0.717, 1.165) is 53.3 Å². The summed E-state index contributed by atoms with van der Waals surface area (Å²) in [4.78, 5) is 30.4. The van der Waals surface area contributed by atoms with Crippen LogP contribution >= 0.6 is 22.7 Å². The first-order valence-electron chi connectivity index (χ1n) is 11.9. The molecule has 0 aromatic carbocycles. The van der Waals surface area contributed by atoms with Crippen LogP contribution in [0.1, 0.15) is 38.4 Å². The number of aromatic nitrogens is 4. The van der Waals surface area contributed by atoms with Gasteiger partial charge in [0, 0.05) is 44.7 Å². The maximum absolute atomic E-state index is 13.1. The van der Waals surface area contributed by atoms with Gasteiger partial charge in [-0.3, -0.25) is 14.3 Å². The highest BCUT2D eigenvalue weighted by atomic mass is 32.1. The minimum atomic E-state index is -0.257. The monoisotopic (exact) mass is 527 g/mol. The Balaban J connectivity index is 1.19. The highest BCUT2D eigenvalue weighted by Crippen LogP contribution is 2.32. The smallest absolute Gasteiger partial charge is 0.261 e. The average Bonchev–Trinajstić information content (AvgIpc) is 3.64. The van der Waals surface area contributed by atoms with E-state index in [1.807, 2.05) is 32.4 Å². The number of thiazole rings is 1. The van der Waals surface area contributed by atoms with Gasteiger partial charge in [-0.25, -0.2) is 4.52 Å². The van der Waals surface area contributed by atoms with E-state index in [1.165, 1.54) is 22.7 Å². The number of thiophene rings is 1. The standard InChI is InChI=1S/C24H29N7O3S2/c1-15-9-19(22(34)25-5-8-30-6-3-16(14-32)4-7-30)35-23(15)28-21(33)18-11-27-31-13-20(36-24(18)31)17-10-26-29(2)12-17/h9-13,16,32H,3-8,14H2,1-2H3,(H,25,34)(H,28,33). The number of anilines is 1. The summed E-state index contributed by atoms with van der Waals surface area (Å²) in [6.07, 6.45) is 9.15. The number of nitrogens with one attached hydrogen (secondary N) is 2. The molecule has 12 heteroatoms. The molecule has 190 valence electrons. The van der Waals surface area contributed by atoms with E-state index in [1.54, 1.807) is 21.6 Å². The van der Waals surface area contributed by atoms with Gasteiger partial charge < -0.3 is 20.6 Å². The molecule has 0 atom stereocenters.